The summed E-state index contributed by atoms with van der Waals surface area (Å²) in [5.74, 6) is 0. The van der Waals surface area contributed by atoms with E-state index in [1.807, 2.05) is 18.2 Å². The molecular formula is C45H38N6Pt. The topological polar surface area (TPSA) is 71.8 Å². The van der Waals surface area contributed by atoms with Gasteiger partial charge in [-0.15, -0.1) is 16.6 Å². The number of fused-ring (bicyclic) bond motifs is 5. The van der Waals surface area contributed by atoms with Gasteiger partial charge in [0.25, 0.3) is 0 Å². The Morgan fingerprint density at radius 1 is 0.596 bits per heavy atom. The number of hydrogen-bond acceptors (Lipinski definition) is 3. The zero-order valence-corrected chi connectivity index (χ0v) is 32.3. The van der Waals surface area contributed by atoms with Crippen molar-refractivity contribution in [2.75, 3.05) is 0 Å². The summed E-state index contributed by atoms with van der Waals surface area (Å²) in [6, 6.07) is 40.6. The van der Waals surface area contributed by atoms with Crippen molar-refractivity contribution in [1.29, 1.82) is 0 Å². The smallest absolute Gasteiger partial charge is 0.655 e. The number of aromatic nitrogens is 6. The summed E-state index contributed by atoms with van der Waals surface area (Å²) >= 11 is 0. The molecule has 6 nitrogen and oxygen atoms in total. The summed E-state index contributed by atoms with van der Waals surface area (Å²) in [6.45, 7) is 13.6. The third-order valence-electron chi connectivity index (χ3n) is 10.0. The monoisotopic (exact) mass is 857 g/mol. The van der Waals surface area contributed by atoms with Crippen molar-refractivity contribution in [2.45, 2.75) is 52.4 Å². The summed E-state index contributed by atoms with van der Waals surface area (Å²) in [4.78, 5) is 10.6. The van der Waals surface area contributed by atoms with Crippen molar-refractivity contribution in [1.82, 2.24) is 29.9 Å². The zero-order valence-electron chi connectivity index (χ0n) is 30.0. The molecule has 4 aromatic heterocycles. The first-order chi connectivity index (χ1) is 24.5. The molecule has 0 aliphatic heterocycles. The van der Waals surface area contributed by atoms with E-state index in [1.165, 1.54) is 16.5 Å². The molecule has 0 N–H and O–H groups in total. The van der Waals surface area contributed by atoms with Crippen LogP contribution in [0.25, 0.3) is 83.1 Å². The number of para-hydroxylation sites is 1. The summed E-state index contributed by atoms with van der Waals surface area (Å²) < 4.78 is 2.08. The fourth-order valence-corrected chi connectivity index (χ4v) is 7.13. The van der Waals surface area contributed by atoms with Crippen LogP contribution in [0.4, 0.5) is 0 Å². The molecule has 0 fully saturated rings. The fraction of sp³-hybridized carbons (Fsp3) is 0.178. The van der Waals surface area contributed by atoms with Crippen molar-refractivity contribution in [3.8, 4) is 39.5 Å². The molecule has 0 saturated heterocycles. The Morgan fingerprint density at radius 3 is 2.12 bits per heavy atom. The zero-order chi connectivity index (χ0) is 35.1. The van der Waals surface area contributed by atoms with Gasteiger partial charge in [0.05, 0.1) is 22.6 Å². The SMILES string of the molecule is CC(C)(C)c1ccc2[n-]c3c(-n4nc(-c5cc(-c6ccccc6)cc(-c6cccc7cn[n-]c67)n5)c5ccccc54)cc(C(C)(C)C)cc3c2c1.[Pt+2]. The Morgan fingerprint density at radius 2 is 1.33 bits per heavy atom. The van der Waals surface area contributed by atoms with Gasteiger partial charge in [-0.1, -0.05) is 133 Å². The first-order valence-electron chi connectivity index (χ1n) is 17.5. The molecule has 0 spiro atoms. The number of rotatable bonds is 4. The van der Waals surface area contributed by atoms with E-state index in [9.17, 15) is 0 Å². The van der Waals surface area contributed by atoms with E-state index in [1.54, 1.807) is 6.20 Å². The first-order valence-corrected chi connectivity index (χ1v) is 17.5. The predicted molar refractivity (Wildman–Crippen MR) is 210 cm³/mol. The molecule has 9 rings (SSSR count). The van der Waals surface area contributed by atoms with Gasteiger partial charge in [0.1, 0.15) is 5.69 Å². The summed E-state index contributed by atoms with van der Waals surface area (Å²) in [7, 11) is 0. The van der Waals surface area contributed by atoms with Crippen LogP contribution in [0.2, 0.25) is 0 Å². The van der Waals surface area contributed by atoms with Crippen LogP contribution in [0.3, 0.4) is 0 Å². The molecule has 258 valence electrons. The quantitative estimate of drug-likeness (QED) is 0.176. The van der Waals surface area contributed by atoms with E-state index in [0.29, 0.717) is 0 Å². The third kappa shape index (κ3) is 5.66. The van der Waals surface area contributed by atoms with Crippen molar-refractivity contribution >= 4 is 43.6 Å². The van der Waals surface area contributed by atoms with E-state index in [4.69, 9.17) is 15.1 Å². The minimum Gasteiger partial charge on any atom is -0.655 e. The summed E-state index contributed by atoms with van der Waals surface area (Å²) in [5, 5.41) is 18.4. The summed E-state index contributed by atoms with van der Waals surface area (Å²) in [5.41, 5.74) is 12.7. The standard InChI is InChI=1S/C45H38N6.Pt/c1-44(2,3)30-19-20-36-34(23-30)35-24-31(45(4,5)6)25-40(43(35)48-36)51-39-18-11-10-16-33(39)42(50-51)38-22-29(27-13-8-7-9-14-27)21-37(47-38)32-17-12-15-28-26-46-49-41(28)32;/h7-26H,1-6H3;/q-2;+2. The van der Waals surface area contributed by atoms with Gasteiger partial charge in [0.2, 0.25) is 0 Å². The van der Waals surface area contributed by atoms with Crippen LogP contribution in [0.15, 0.2) is 121 Å². The van der Waals surface area contributed by atoms with Crippen LogP contribution in [0.5, 0.6) is 0 Å². The molecule has 7 heteroatoms. The minimum atomic E-state index is -0.0921. The second-order valence-corrected chi connectivity index (χ2v) is 15.6. The van der Waals surface area contributed by atoms with E-state index >= 15 is 0 Å². The van der Waals surface area contributed by atoms with Gasteiger partial charge >= 0.3 is 21.1 Å². The molecule has 0 aliphatic carbocycles. The average Bonchev–Trinajstić information content (AvgIpc) is 3.86. The molecule has 0 atom stereocenters. The van der Waals surface area contributed by atoms with Crippen molar-refractivity contribution < 1.29 is 21.1 Å². The van der Waals surface area contributed by atoms with Gasteiger partial charge in [-0.2, -0.15) is 5.10 Å². The Hall–Kier alpha value is -5.32. The van der Waals surface area contributed by atoms with Crippen LogP contribution in [-0.4, -0.2) is 19.9 Å². The molecule has 0 radical (unpaired) electrons. The molecule has 0 aliphatic rings. The third-order valence-corrected chi connectivity index (χ3v) is 10.0. The van der Waals surface area contributed by atoms with E-state index < -0.39 is 0 Å². The predicted octanol–water partition coefficient (Wildman–Crippen LogP) is 10.8. The second kappa shape index (κ2) is 12.4. The Labute approximate surface area is 317 Å². The first kappa shape index (κ1) is 33.8. The maximum Gasteiger partial charge on any atom is 2.00 e. The van der Waals surface area contributed by atoms with Gasteiger partial charge in [0.15, 0.2) is 0 Å². The molecule has 0 amide bonds. The number of benzene rings is 5. The van der Waals surface area contributed by atoms with Gasteiger partial charge in [0, 0.05) is 11.6 Å². The largest absolute Gasteiger partial charge is 2.00 e. The fourth-order valence-electron chi connectivity index (χ4n) is 7.13. The Bertz CT molecular complexity index is 2770. The molecular weight excluding hydrogens is 820 g/mol. The van der Waals surface area contributed by atoms with Gasteiger partial charge < -0.3 is 15.2 Å². The molecule has 4 heterocycles. The normalized spacial score (nSPS) is 12.3. The van der Waals surface area contributed by atoms with Crippen molar-refractivity contribution in [2.24, 2.45) is 0 Å². The number of pyridine rings is 1. The van der Waals surface area contributed by atoms with Gasteiger partial charge in [-0.25, -0.2) is 9.67 Å². The van der Waals surface area contributed by atoms with Crippen LogP contribution in [-0.2, 0) is 31.9 Å². The maximum absolute atomic E-state index is 5.44. The molecule has 52 heavy (non-hydrogen) atoms. The number of hydrogen-bond donors (Lipinski definition) is 0. The summed E-state index contributed by atoms with van der Waals surface area (Å²) in [6.07, 6.45) is 1.80. The van der Waals surface area contributed by atoms with E-state index in [-0.39, 0.29) is 31.9 Å². The Kier molecular flexibility index (Phi) is 8.07. The van der Waals surface area contributed by atoms with Crippen LogP contribution < -0.4 is 10.1 Å². The minimum absolute atomic E-state index is 0. The van der Waals surface area contributed by atoms with Gasteiger partial charge in [-0.05, 0) is 79.1 Å². The second-order valence-electron chi connectivity index (χ2n) is 15.6. The number of nitrogens with zero attached hydrogens (tertiary/aromatic N) is 6. The molecule has 0 saturated carbocycles. The molecule has 5 aromatic carbocycles. The molecule has 0 unspecified atom stereocenters. The van der Waals surface area contributed by atoms with Crippen molar-refractivity contribution in [3.05, 3.63) is 133 Å². The molecule has 0 bridgehead atoms. The van der Waals surface area contributed by atoms with E-state index in [2.05, 4.69) is 153 Å². The Balaban J connectivity index is 0.00000387. The van der Waals surface area contributed by atoms with Crippen LogP contribution in [0, 0.1) is 0 Å². The van der Waals surface area contributed by atoms with Gasteiger partial charge in [-0.3, -0.25) is 0 Å². The molecule has 9 aromatic rings. The van der Waals surface area contributed by atoms with E-state index in [0.717, 1.165) is 77.7 Å². The maximum atomic E-state index is 5.44. The van der Waals surface area contributed by atoms with Crippen LogP contribution in [0.1, 0.15) is 52.7 Å². The van der Waals surface area contributed by atoms with Crippen LogP contribution >= 0.6 is 0 Å². The average molecular weight is 858 g/mol. The van der Waals surface area contributed by atoms with Crippen molar-refractivity contribution in [3.63, 3.8) is 0 Å².